The number of fused-ring (bicyclic) bond motifs is 5. The van der Waals surface area contributed by atoms with Gasteiger partial charge in [-0.2, -0.15) is 10.4 Å². The summed E-state index contributed by atoms with van der Waals surface area (Å²) >= 11 is 0. The van der Waals surface area contributed by atoms with E-state index in [9.17, 15) is 8.78 Å². The number of hydrogen-bond acceptors (Lipinski definition) is 6. The van der Waals surface area contributed by atoms with E-state index in [1.807, 2.05) is 12.1 Å². The highest BCUT2D eigenvalue weighted by molar-refractivity contribution is 5.64. The number of nitrogens with zero attached hydrogens (tertiary/aromatic N) is 6. The van der Waals surface area contributed by atoms with Gasteiger partial charge in [0.1, 0.15) is 11.6 Å². The lowest BCUT2D eigenvalue weighted by molar-refractivity contribution is 0.242. The summed E-state index contributed by atoms with van der Waals surface area (Å²) in [5.74, 6) is -1.17. The third kappa shape index (κ3) is 3.02. The van der Waals surface area contributed by atoms with Gasteiger partial charge in [-0.15, -0.1) is 5.10 Å². The van der Waals surface area contributed by atoms with Crippen LogP contribution in [0, 0.1) is 28.4 Å². The number of benzene rings is 1. The van der Waals surface area contributed by atoms with Crippen molar-refractivity contribution in [2.45, 2.75) is 44.4 Å². The maximum absolute atomic E-state index is 14.5. The van der Waals surface area contributed by atoms with Crippen molar-refractivity contribution < 1.29 is 8.78 Å². The zero-order valence-corrected chi connectivity index (χ0v) is 19.8. The maximum Gasteiger partial charge on any atom is 0.135 e. The van der Waals surface area contributed by atoms with Crippen LogP contribution in [-0.4, -0.2) is 25.1 Å². The van der Waals surface area contributed by atoms with E-state index < -0.39 is 17.0 Å². The molecule has 0 amide bonds. The van der Waals surface area contributed by atoms with Crippen LogP contribution in [0.1, 0.15) is 55.3 Å². The number of nitriles is 1. The fraction of sp³-hybridized carbons (Fsp3) is 0.286. The molecule has 0 saturated heterocycles. The van der Waals surface area contributed by atoms with Crippen LogP contribution in [0.4, 0.5) is 8.78 Å². The van der Waals surface area contributed by atoms with Crippen LogP contribution in [0.5, 0.6) is 0 Å². The first-order chi connectivity index (χ1) is 17.4. The van der Waals surface area contributed by atoms with Gasteiger partial charge in [0.2, 0.25) is 0 Å². The van der Waals surface area contributed by atoms with Gasteiger partial charge in [0, 0.05) is 18.0 Å². The van der Waals surface area contributed by atoms with Gasteiger partial charge < -0.3 is 0 Å². The molecule has 1 fully saturated rings. The van der Waals surface area contributed by atoms with Gasteiger partial charge in [0.15, 0.2) is 0 Å². The van der Waals surface area contributed by atoms with Crippen molar-refractivity contribution in [3.05, 3.63) is 89.3 Å². The lowest BCUT2D eigenvalue weighted by Crippen LogP contribution is -2.38. The Balaban J connectivity index is 1.47. The number of aromatic nitrogens is 5. The SMILES string of the molecule is CC1(C)[C@H]2CC[C@]1(c1cncc(-c3ccc(CC#N)nc3)n1)c1nnc(-c3c(F)cccc3F)cc12. The van der Waals surface area contributed by atoms with Gasteiger partial charge in [-0.1, -0.05) is 19.9 Å². The molecular formula is C28H22F2N6. The van der Waals surface area contributed by atoms with Crippen molar-refractivity contribution in [1.82, 2.24) is 25.1 Å². The first-order valence-electron chi connectivity index (χ1n) is 11.8. The predicted molar refractivity (Wildman–Crippen MR) is 129 cm³/mol. The van der Waals surface area contributed by atoms with E-state index in [1.165, 1.54) is 18.2 Å². The number of halogens is 2. The molecule has 2 aliphatic carbocycles. The Bertz CT molecular complexity index is 1520. The van der Waals surface area contributed by atoms with E-state index in [1.54, 1.807) is 24.7 Å². The van der Waals surface area contributed by atoms with E-state index in [4.69, 9.17) is 10.2 Å². The third-order valence-electron chi connectivity index (χ3n) is 8.05. The Morgan fingerprint density at radius 2 is 1.83 bits per heavy atom. The molecule has 3 aromatic heterocycles. The van der Waals surface area contributed by atoms with Crippen LogP contribution >= 0.6 is 0 Å². The molecule has 0 N–H and O–H groups in total. The molecular weight excluding hydrogens is 458 g/mol. The molecule has 36 heavy (non-hydrogen) atoms. The van der Waals surface area contributed by atoms with Gasteiger partial charge >= 0.3 is 0 Å². The minimum atomic E-state index is -0.658. The Hall–Kier alpha value is -4.12. The normalized spacial score (nSPS) is 21.2. The van der Waals surface area contributed by atoms with Gasteiger partial charge in [-0.3, -0.25) is 9.97 Å². The fourth-order valence-corrected chi connectivity index (χ4v) is 6.23. The lowest BCUT2D eigenvalue weighted by atomic mass is 9.66. The number of pyridine rings is 1. The summed E-state index contributed by atoms with van der Waals surface area (Å²) in [6.45, 7) is 4.39. The molecule has 8 heteroatoms. The van der Waals surface area contributed by atoms with Crippen molar-refractivity contribution in [3.8, 4) is 28.6 Å². The molecule has 4 aromatic rings. The average Bonchev–Trinajstić information content (AvgIpc) is 3.26. The smallest absolute Gasteiger partial charge is 0.135 e. The summed E-state index contributed by atoms with van der Waals surface area (Å²) in [5.41, 5.74) is 4.03. The zero-order valence-electron chi connectivity index (χ0n) is 19.8. The monoisotopic (exact) mass is 480 g/mol. The topological polar surface area (TPSA) is 88.2 Å². The first-order valence-corrected chi connectivity index (χ1v) is 11.8. The third-order valence-corrected chi connectivity index (χ3v) is 8.05. The molecule has 1 saturated carbocycles. The van der Waals surface area contributed by atoms with Crippen LogP contribution < -0.4 is 0 Å². The number of rotatable bonds is 4. The second kappa shape index (κ2) is 7.95. The van der Waals surface area contributed by atoms with Gasteiger partial charge in [0.05, 0.1) is 58.1 Å². The molecule has 0 spiro atoms. The van der Waals surface area contributed by atoms with Crippen molar-refractivity contribution in [2.75, 3.05) is 0 Å². The summed E-state index contributed by atoms with van der Waals surface area (Å²) in [4.78, 5) is 13.9. The highest BCUT2D eigenvalue weighted by Crippen LogP contribution is 2.69. The maximum atomic E-state index is 14.5. The number of hydrogen-bond donors (Lipinski definition) is 0. The highest BCUT2D eigenvalue weighted by Gasteiger charge is 2.65. The molecule has 6 nitrogen and oxygen atoms in total. The highest BCUT2D eigenvalue weighted by atomic mass is 19.1. The fourth-order valence-electron chi connectivity index (χ4n) is 6.23. The molecule has 0 aliphatic heterocycles. The molecule has 2 atom stereocenters. The van der Waals surface area contributed by atoms with Gasteiger partial charge in [-0.25, -0.2) is 13.8 Å². The van der Waals surface area contributed by atoms with Crippen LogP contribution in [-0.2, 0) is 11.8 Å². The van der Waals surface area contributed by atoms with Gasteiger partial charge in [0.25, 0.3) is 0 Å². The summed E-state index contributed by atoms with van der Waals surface area (Å²) < 4.78 is 29.0. The Morgan fingerprint density at radius 3 is 2.56 bits per heavy atom. The van der Waals surface area contributed by atoms with Gasteiger partial charge in [-0.05, 0) is 60.1 Å². The zero-order chi connectivity index (χ0) is 25.1. The van der Waals surface area contributed by atoms with Crippen LogP contribution in [0.2, 0.25) is 0 Å². The van der Waals surface area contributed by atoms with Crippen molar-refractivity contribution in [1.29, 1.82) is 5.26 Å². The molecule has 3 heterocycles. The van der Waals surface area contributed by atoms with E-state index >= 15 is 0 Å². The van der Waals surface area contributed by atoms with Crippen molar-refractivity contribution in [2.24, 2.45) is 5.41 Å². The average molecular weight is 481 g/mol. The Kier molecular flexibility index (Phi) is 4.94. The van der Waals surface area contributed by atoms with Crippen molar-refractivity contribution in [3.63, 3.8) is 0 Å². The quantitative estimate of drug-likeness (QED) is 0.381. The minimum Gasteiger partial charge on any atom is -0.261 e. The van der Waals surface area contributed by atoms with Crippen LogP contribution in [0.3, 0.4) is 0 Å². The summed E-state index contributed by atoms with van der Waals surface area (Å²) in [5, 5.41) is 17.8. The molecule has 2 bridgehead atoms. The lowest BCUT2D eigenvalue weighted by Gasteiger charge is -2.37. The van der Waals surface area contributed by atoms with Crippen LogP contribution in [0.25, 0.3) is 22.5 Å². The summed E-state index contributed by atoms with van der Waals surface area (Å²) in [6, 6.07) is 11.4. The second-order valence-corrected chi connectivity index (χ2v) is 10.0. The summed E-state index contributed by atoms with van der Waals surface area (Å²) in [6.07, 6.45) is 7.17. The summed E-state index contributed by atoms with van der Waals surface area (Å²) in [7, 11) is 0. The van der Waals surface area contributed by atoms with E-state index in [0.717, 1.165) is 35.4 Å². The second-order valence-electron chi connectivity index (χ2n) is 10.0. The van der Waals surface area contributed by atoms with E-state index in [2.05, 4.69) is 40.1 Å². The molecule has 6 rings (SSSR count). The molecule has 1 aromatic carbocycles. The molecule has 2 aliphatic rings. The van der Waals surface area contributed by atoms with E-state index in [0.29, 0.717) is 11.4 Å². The Labute approximate surface area is 207 Å². The van der Waals surface area contributed by atoms with E-state index in [-0.39, 0.29) is 29.0 Å². The molecule has 0 unspecified atom stereocenters. The minimum absolute atomic E-state index is 0.147. The largest absolute Gasteiger partial charge is 0.261 e. The Morgan fingerprint density at radius 1 is 1.03 bits per heavy atom. The standard InChI is InChI=1S/C28H22F2N6/c1-27(2)19-8-10-28(27,24-15-32-14-23(34-24)16-6-7-17(9-11-31)33-13-16)26-18(19)12-22(35-36-26)25-20(29)4-3-5-21(25)30/h3-7,12-15,19H,8-10H2,1-2H3/t19-,28-/m0/s1. The van der Waals surface area contributed by atoms with Crippen molar-refractivity contribution >= 4 is 0 Å². The molecule has 0 radical (unpaired) electrons. The molecule has 178 valence electrons. The first kappa shape index (κ1) is 22.4. The van der Waals surface area contributed by atoms with Crippen LogP contribution in [0.15, 0.2) is 55.0 Å². The predicted octanol–water partition coefficient (Wildman–Crippen LogP) is 5.54.